The van der Waals surface area contributed by atoms with Crippen LogP contribution in [0, 0.1) is 6.92 Å². The number of amides is 1. The van der Waals surface area contributed by atoms with Crippen molar-refractivity contribution >= 4 is 22.8 Å². The highest BCUT2D eigenvalue weighted by Crippen LogP contribution is 2.23. The van der Waals surface area contributed by atoms with Crippen molar-refractivity contribution in [2.75, 3.05) is 13.2 Å². The quantitative estimate of drug-likeness (QED) is 0.626. The second kappa shape index (κ2) is 8.43. The fourth-order valence-corrected chi connectivity index (χ4v) is 2.63. The van der Waals surface area contributed by atoms with Crippen molar-refractivity contribution in [3.63, 3.8) is 0 Å². The molecule has 0 fully saturated rings. The van der Waals surface area contributed by atoms with Gasteiger partial charge < -0.3 is 10.1 Å². The molecule has 2 aromatic rings. The number of aromatic nitrogens is 1. The third-order valence-electron chi connectivity index (χ3n) is 3.95. The largest absolute Gasteiger partial charge is 0.452 e. The lowest BCUT2D eigenvalue weighted by Gasteiger charge is -2.13. The van der Waals surface area contributed by atoms with E-state index in [0.717, 1.165) is 29.3 Å². The normalized spacial score (nSPS) is 10.6. The third kappa shape index (κ3) is 4.10. The molecule has 0 saturated heterocycles. The number of unbranched alkanes of at least 4 members (excludes halogenated alkanes) is 1. The van der Waals surface area contributed by atoms with Gasteiger partial charge in [-0.1, -0.05) is 38.5 Å². The van der Waals surface area contributed by atoms with Gasteiger partial charge in [0.1, 0.15) is 0 Å². The molecule has 0 unspecified atom stereocenters. The van der Waals surface area contributed by atoms with Crippen molar-refractivity contribution in [3.8, 4) is 0 Å². The first-order chi connectivity index (χ1) is 11.6. The van der Waals surface area contributed by atoms with Crippen LogP contribution >= 0.6 is 0 Å². The van der Waals surface area contributed by atoms with Gasteiger partial charge in [0.05, 0.1) is 16.8 Å². The van der Waals surface area contributed by atoms with Crippen molar-refractivity contribution in [2.45, 2.75) is 40.0 Å². The van der Waals surface area contributed by atoms with Crippen molar-refractivity contribution in [3.05, 3.63) is 41.1 Å². The second-order valence-electron chi connectivity index (χ2n) is 5.71. The van der Waals surface area contributed by atoms with E-state index in [0.29, 0.717) is 24.2 Å². The van der Waals surface area contributed by atoms with E-state index in [-0.39, 0.29) is 12.5 Å². The highest BCUT2D eigenvalue weighted by molar-refractivity contribution is 5.99. The zero-order valence-electron chi connectivity index (χ0n) is 14.5. The van der Waals surface area contributed by atoms with Gasteiger partial charge in [0.15, 0.2) is 6.61 Å². The number of carbonyl (C=O) groups is 2. The van der Waals surface area contributed by atoms with Crippen molar-refractivity contribution < 1.29 is 14.3 Å². The number of ether oxygens (including phenoxy) is 1. The molecule has 0 spiro atoms. The molecule has 0 saturated carbocycles. The molecule has 1 aromatic heterocycles. The van der Waals surface area contributed by atoms with Gasteiger partial charge >= 0.3 is 5.97 Å². The number of para-hydroxylation sites is 1. The zero-order chi connectivity index (χ0) is 17.5. The van der Waals surface area contributed by atoms with Gasteiger partial charge in [-0.25, -0.2) is 4.79 Å². The summed E-state index contributed by atoms with van der Waals surface area (Å²) in [7, 11) is 0. The summed E-state index contributed by atoms with van der Waals surface area (Å²) < 4.78 is 5.20. The minimum Gasteiger partial charge on any atom is -0.452 e. The molecule has 0 aliphatic heterocycles. The van der Waals surface area contributed by atoms with Crippen molar-refractivity contribution in [1.82, 2.24) is 10.3 Å². The van der Waals surface area contributed by atoms with E-state index < -0.39 is 5.97 Å². The first kappa shape index (κ1) is 17.9. The van der Waals surface area contributed by atoms with Crippen LogP contribution in [0.5, 0.6) is 0 Å². The summed E-state index contributed by atoms with van der Waals surface area (Å²) in [5.41, 5.74) is 2.87. The maximum absolute atomic E-state index is 12.5. The molecule has 0 bridgehead atoms. The van der Waals surface area contributed by atoms with Gasteiger partial charge in [-0.3, -0.25) is 9.78 Å². The van der Waals surface area contributed by atoms with Crippen LogP contribution in [-0.4, -0.2) is 30.0 Å². The predicted molar refractivity (Wildman–Crippen MR) is 94.1 cm³/mol. The first-order valence-electron chi connectivity index (χ1n) is 8.40. The molecule has 0 aliphatic carbocycles. The van der Waals surface area contributed by atoms with Crippen LogP contribution in [0.2, 0.25) is 0 Å². The number of esters is 1. The fraction of sp³-hybridized carbons (Fsp3) is 0.421. The number of nitrogens with zero attached hydrogens (tertiary/aromatic N) is 1. The van der Waals surface area contributed by atoms with Crippen LogP contribution in [0.1, 0.15) is 48.3 Å². The molecule has 0 aliphatic rings. The lowest BCUT2D eigenvalue weighted by atomic mass is 10.0. The molecule has 5 nitrogen and oxygen atoms in total. The SMILES string of the molecule is CCCCNC(=O)COC(=O)c1c(CC)nc2ccccc2c1C. The monoisotopic (exact) mass is 328 g/mol. The number of carbonyl (C=O) groups excluding carboxylic acids is 2. The molecule has 128 valence electrons. The summed E-state index contributed by atoms with van der Waals surface area (Å²) >= 11 is 0. The molecule has 0 atom stereocenters. The summed E-state index contributed by atoms with van der Waals surface area (Å²) in [5, 5.41) is 3.66. The maximum Gasteiger partial charge on any atom is 0.340 e. The van der Waals surface area contributed by atoms with E-state index in [1.165, 1.54) is 0 Å². The molecular formula is C19H24N2O3. The Morgan fingerprint density at radius 1 is 1.21 bits per heavy atom. The minimum absolute atomic E-state index is 0.266. The van der Waals surface area contributed by atoms with E-state index in [4.69, 9.17) is 4.74 Å². The number of fused-ring (bicyclic) bond motifs is 1. The van der Waals surface area contributed by atoms with Crippen LogP contribution in [0.3, 0.4) is 0 Å². The van der Waals surface area contributed by atoms with Crippen molar-refractivity contribution in [2.24, 2.45) is 0 Å². The van der Waals surface area contributed by atoms with Gasteiger partial charge in [0.2, 0.25) is 0 Å². The lowest BCUT2D eigenvalue weighted by Crippen LogP contribution is -2.29. The highest BCUT2D eigenvalue weighted by atomic mass is 16.5. The van der Waals surface area contributed by atoms with Gasteiger partial charge in [-0.05, 0) is 31.4 Å². The Kier molecular flexibility index (Phi) is 6.29. The average Bonchev–Trinajstić information content (AvgIpc) is 2.59. The van der Waals surface area contributed by atoms with Gasteiger partial charge in [0.25, 0.3) is 5.91 Å². The summed E-state index contributed by atoms with van der Waals surface area (Å²) in [6.45, 7) is 6.22. The van der Waals surface area contributed by atoms with E-state index in [1.807, 2.05) is 45.0 Å². The Labute approximate surface area is 142 Å². The van der Waals surface area contributed by atoms with Gasteiger partial charge in [-0.15, -0.1) is 0 Å². The fourth-order valence-electron chi connectivity index (χ4n) is 2.63. The number of hydrogen-bond acceptors (Lipinski definition) is 4. The van der Waals surface area contributed by atoms with E-state index in [9.17, 15) is 9.59 Å². The molecule has 1 amide bonds. The number of benzene rings is 1. The Bertz CT molecular complexity index is 741. The van der Waals surface area contributed by atoms with E-state index >= 15 is 0 Å². The second-order valence-corrected chi connectivity index (χ2v) is 5.71. The standard InChI is InChI=1S/C19H24N2O3/c1-4-6-11-20-17(22)12-24-19(23)18-13(3)14-9-7-8-10-16(14)21-15(18)5-2/h7-10H,4-6,11-12H2,1-3H3,(H,20,22). The van der Waals surface area contributed by atoms with Crippen LogP contribution < -0.4 is 5.32 Å². The van der Waals surface area contributed by atoms with E-state index in [2.05, 4.69) is 10.3 Å². The molecule has 24 heavy (non-hydrogen) atoms. The number of aryl methyl sites for hydroxylation is 2. The van der Waals surface area contributed by atoms with Gasteiger partial charge in [-0.2, -0.15) is 0 Å². The smallest absolute Gasteiger partial charge is 0.340 e. The molecule has 2 rings (SSSR count). The number of rotatable bonds is 7. The lowest BCUT2D eigenvalue weighted by molar-refractivity contribution is -0.124. The third-order valence-corrected chi connectivity index (χ3v) is 3.95. The molecule has 1 N–H and O–H groups in total. The molecule has 1 aromatic carbocycles. The number of hydrogen-bond donors (Lipinski definition) is 1. The summed E-state index contributed by atoms with van der Waals surface area (Å²) in [4.78, 5) is 28.7. The highest BCUT2D eigenvalue weighted by Gasteiger charge is 2.19. The zero-order valence-corrected chi connectivity index (χ0v) is 14.5. The molecule has 0 radical (unpaired) electrons. The molecule has 1 heterocycles. The summed E-state index contributed by atoms with van der Waals surface area (Å²) in [6, 6.07) is 7.70. The average molecular weight is 328 g/mol. The van der Waals surface area contributed by atoms with Crippen LogP contribution in [0.25, 0.3) is 10.9 Å². The van der Waals surface area contributed by atoms with Crippen molar-refractivity contribution in [1.29, 1.82) is 0 Å². The van der Waals surface area contributed by atoms with Crippen LogP contribution in [0.4, 0.5) is 0 Å². The Hall–Kier alpha value is -2.43. The number of nitrogens with one attached hydrogen (secondary N) is 1. The minimum atomic E-state index is -0.492. The summed E-state index contributed by atoms with van der Waals surface area (Å²) in [6.07, 6.45) is 2.54. The Morgan fingerprint density at radius 3 is 2.67 bits per heavy atom. The topological polar surface area (TPSA) is 68.3 Å². The number of pyridine rings is 1. The Morgan fingerprint density at radius 2 is 1.96 bits per heavy atom. The molecule has 5 heteroatoms. The van der Waals surface area contributed by atoms with E-state index in [1.54, 1.807) is 0 Å². The first-order valence-corrected chi connectivity index (χ1v) is 8.40. The predicted octanol–water partition coefficient (Wildman–Crippen LogP) is 3.18. The van der Waals surface area contributed by atoms with Crippen LogP contribution in [0.15, 0.2) is 24.3 Å². The summed E-state index contributed by atoms with van der Waals surface area (Å²) in [5.74, 6) is -0.769. The Balaban J connectivity index is 2.16. The van der Waals surface area contributed by atoms with Gasteiger partial charge in [0, 0.05) is 11.9 Å². The molecular weight excluding hydrogens is 304 g/mol. The maximum atomic E-state index is 12.5. The van der Waals surface area contributed by atoms with Crippen LogP contribution in [-0.2, 0) is 16.0 Å².